The Balaban J connectivity index is 1.52. The minimum atomic E-state index is 0.281. The van der Waals surface area contributed by atoms with Gasteiger partial charge in [0, 0.05) is 43.2 Å². The average Bonchev–Trinajstić information content (AvgIpc) is 3.04. The van der Waals surface area contributed by atoms with Gasteiger partial charge in [-0.2, -0.15) is 0 Å². The van der Waals surface area contributed by atoms with Crippen molar-refractivity contribution in [3.63, 3.8) is 0 Å². The van der Waals surface area contributed by atoms with E-state index in [1.54, 1.807) is 0 Å². The predicted molar refractivity (Wildman–Crippen MR) is 95.1 cm³/mol. The molecule has 130 valence electrons. The Hall–Kier alpha value is -1.43. The maximum Gasteiger partial charge on any atom is 0.230 e. The van der Waals surface area contributed by atoms with Gasteiger partial charge in [0.1, 0.15) is 0 Å². The molecule has 0 spiro atoms. The summed E-state index contributed by atoms with van der Waals surface area (Å²) < 4.78 is 5.71. The fraction of sp³-hybridized carbons (Fsp3) is 0.556. The van der Waals surface area contributed by atoms with E-state index in [2.05, 4.69) is 52.9 Å². The van der Waals surface area contributed by atoms with Crippen LogP contribution in [-0.2, 0) is 6.54 Å². The van der Waals surface area contributed by atoms with Crippen molar-refractivity contribution in [1.82, 2.24) is 20.0 Å². The van der Waals surface area contributed by atoms with E-state index in [1.165, 1.54) is 5.56 Å². The molecule has 1 atom stereocenters. The standard InChI is InChI=1S/C18H25ClN4O/c1-13(2)18-21-20-17(24-18)12-22-8-10-23(11-9-22)14(3)15-4-6-16(19)7-5-15/h4-7,13-14H,8-12H2,1-3H3/t14-/m0/s1. The van der Waals surface area contributed by atoms with Crippen LogP contribution in [0.3, 0.4) is 0 Å². The maximum absolute atomic E-state index is 5.98. The molecule has 0 aliphatic carbocycles. The summed E-state index contributed by atoms with van der Waals surface area (Å²) in [5.74, 6) is 1.72. The smallest absolute Gasteiger partial charge is 0.230 e. The fourth-order valence-electron chi connectivity index (χ4n) is 3.02. The zero-order valence-corrected chi connectivity index (χ0v) is 15.3. The summed E-state index contributed by atoms with van der Waals surface area (Å²) in [5, 5.41) is 9.05. The second-order valence-corrected chi connectivity index (χ2v) is 7.16. The number of rotatable bonds is 5. The first-order valence-corrected chi connectivity index (χ1v) is 8.95. The third-order valence-electron chi connectivity index (χ3n) is 4.64. The lowest BCUT2D eigenvalue weighted by atomic mass is 10.1. The lowest BCUT2D eigenvalue weighted by Gasteiger charge is -2.37. The molecule has 0 radical (unpaired) electrons. The van der Waals surface area contributed by atoms with Crippen molar-refractivity contribution < 1.29 is 4.42 Å². The topological polar surface area (TPSA) is 45.4 Å². The van der Waals surface area contributed by atoms with Crippen LogP contribution in [0.5, 0.6) is 0 Å². The van der Waals surface area contributed by atoms with Gasteiger partial charge in [0.2, 0.25) is 11.8 Å². The molecule has 0 saturated carbocycles. The van der Waals surface area contributed by atoms with Gasteiger partial charge in [-0.15, -0.1) is 10.2 Å². The molecule has 24 heavy (non-hydrogen) atoms. The number of halogens is 1. The number of nitrogens with zero attached hydrogens (tertiary/aromatic N) is 4. The summed E-state index contributed by atoms with van der Waals surface area (Å²) in [6.07, 6.45) is 0. The van der Waals surface area contributed by atoms with Crippen LogP contribution in [0.15, 0.2) is 28.7 Å². The predicted octanol–water partition coefficient (Wildman–Crippen LogP) is 3.73. The molecule has 1 fully saturated rings. The van der Waals surface area contributed by atoms with Gasteiger partial charge in [-0.3, -0.25) is 9.80 Å². The SMILES string of the molecule is CC(C)c1nnc(CN2CCN([C@@H](C)c3ccc(Cl)cc3)CC2)o1. The highest BCUT2D eigenvalue weighted by molar-refractivity contribution is 6.30. The Morgan fingerprint density at radius 2 is 1.71 bits per heavy atom. The van der Waals surface area contributed by atoms with Gasteiger partial charge in [-0.05, 0) is 24.6 Å². The minimum Gasteiger partial charge on any atom is -0.424 e. The molecule has 0 unspecified atom stereocenters. The van der Waals surface area contributed by atoms with E-state index in [-0.39, 0.29) is 5.92 Å². The average molecular weight is 349 g/mol. The lowest BCUT2D eigenvalue weighted by Crippen LogP contribution is -2.46. The molecule has 1 aromatic carbocycles. The Kier molecular flexibility index (Phi) is 5.54. The normalized spacial score (nSPS) is 18.2. The molecule has 0 bridgehead atoms. The van der Waals surface area contributed by atoms with E-state index in [0.29, 0.717) is 6.04 Å². The van der Waals surface area contributed by atoms with Gasteiger partial charge < -0.3 is 4.42 Å². The third-order valence-corrected chi connectivity index (χ3v) is 4.89. The number of benzene rings is 1. The highest BCUT2D eigenvalue weighted by Crippen LogP contribution is 2.23. The molecule has 1 aromatic heterocycles. The van der Waals surface area contributed by atoms with E-state index in [0.717, 1.165) is 49.5 Å². The summed E-state index contributed by atoms with van der Waals surface area (Å²) >= 11 is 5.98. The zero-order valence-electron chi connectivity index (χ0n) is 14.6. The molecule has 0 N–H and O–H groups in total. The van der Waals surface area contributed by atoms with Gasteiger partial charge in [-0.25, -0.2) is 0 Å². The molecule has 2 aromatic rings. The number of piperazine rings is 1. The van der Waals surface area contributed by atoms with E-state index < -0.39 is 0 Å². The highest BCUT2D eigenvalue weighted by atomic mass is 35.5. The van der Waals surface area contributed by atoms with Gasteiger partial charge in [0.05, 0.1) is 6.54 Å². The molecule has 1 aliphatic rings. The minimum absolute atomic E-state index is 0.281. The van der Waals surface area contributed by atoms with E-state index in [4.69, 9.17) is 16.0 Å². The first kappa shape index (κ1) is 17.4. The number of hydrogen-bond acceptors (Lipinski definition) is 5. The molecule has 3 rings (SSSR count). The van der Waals surface area contributed by atoms with Gasteiger partial charge in [-0.1, -0.05) is 37.6 Å². The lowest BCUT2D eigenvalue weighted by molar-refractivity contribution is 0.0917. The molecular formula is C18H25ClN4O. The van der Waals surface area contributed by atoms with Crippen molar-refractivity contribution in [2.24, 2.45) is 0 Å². The molecular weight excluding hydrogens is 324 g/mol. The summed E-state index contributed by atoms with van der Waals surface area (Å²) in [6.45, 7) is 11.2. The Morgan fingerprint density at radius 1 is 1.04 bits per heavy atom. The summed E-state index contributed by atoms with van der Waals surface area (Å²) in [4.78, 5) is 4.88. The molecule has 2 heterocycles. The maximum atomic E-state index is 5.98. The fourth-order valence-corrected chi connectivity index (χ4v) is 3.14. The molecule has 1 saturated heterocycles. The van der Waals surface area contributed by atoms with Crippen LogP contribution >= 0.6 is 11.6 Å². The molecule has 1 aliphatic heterocycles. The van der Waals surface area contributed by atoms with E-state index in [9.17, 15) is 0 Å². The monoisotopic (exact) mass is 348 g/mol. The van der Waals surface area contributed by atoms with E-state index in [1.807, 2.05) is 12.1 Å². The van der Waals surface area contributed by atoms with Crippen molar-refractivity contribution in [2.45, 2.75) is 39.3 Å². The second-order valence-electron chi connectivity index (χ2n) is 6.73. The van der Waals surface area contributed by atoms with Crippen molar-refractivity contribution in [3.05, 3.63) is 46.6 Å². The quantitative estimate of drug-likeness (QED) is 0.824. The van der Waals surface area contributed by atoms with Gasteiger partial charge >= 0.3 is 0 Å². The number of aromatic nitrogens is 2. The van der Waals surface area contributed by atoms with Crippen LogP contribution in [0.2, 0.25) is 5.02 Å². The molecule has 0 amide bonds. The summed E-state index contributed by atoms with van der Waals surface area (Å²) in [5.41, 5.74) is 1.31. The third kappa shape index (κ3) is 4.15. The second kappa shape index (κ2) is 7.64. The van der Waals surface area contributed by atoms with Crippen LogP contribution in [0, 0.1) is 0 Å². The summed E-state index contributed by atoms with van der Waals surface area (Å²) in [7, 11) is 0. The molecule has 5 nitrogen and oxygen atoms in total. The van der Waals surface area contributed by atoms with Crippen molar-refractivity contribution >= 4 is 11.6 Å². The van der Waals surface area contributed by atoms with Crippen LogP contribution in [0.4, 0.5) is 0 Å². The zero-order chi connectivity index (χ0) is 17.1. The van der Waals surface area contributed by atoms with Gasteiger partial charge in [0.15, 0.2) is 0 Å². The Morgan fingerprint density at radius 3 is 2.29 bits per heavy atom. The van der Waals surface area contributed by atoms with Crippen LogP contribution in [0.1, 0.15) is 50.1 Å². The van der Waals surface area contributed by atoms with Crippen LogP contribution < -0.4 is 0 Å². The van der Waals surface area contributed by atoms with Crippen LogP contribution in [-0.4, -0.2) is 46.2 Å². The number of hydrogen-bond donors (Lipinski definition) is 0. The summed E-state index contributed by atoms with van der Waals surface area (Å²) in [6, 6.07) is 8.56. The molecule has 6 heteroatoms. The van der Waals surface area contributed by atoms with Crippen LogP contribution in [0.25, 0.3) is 0 Å². The van der Waals surface area contributed by atoms with E-state index >= 15 is 0 Å². The Bertz CT molecular complexity index is 647. The first-order chi connectivity index (χ1) is 11.5. The largest absolute Gasteiger partial charge is 0.424 e. The highest BCUT2D eigenvalue weighted by Gasteiger charge is 2.23. The van der Waals surface area contributed by atoms with Gasteiger partial charge in [0.25, 0.3) is 0 Å². The van der Waals surface area contributed by atoms with Crippen molar-refractivity contribution in [1.29, 1.82) is 0 Å². The van der Waals surface area contributed by atoms with Crippen molar-refractivity contribution in [2.75, 3.05) is 26.2 Å². The Labute approximate surface area is 148 Å². The first-order valence-electron chi connectivity index (χ1n) is 8.57. The van der Waals surface area contributed by atoms with Crippen molar-refractivity contribution in [3.8, 4) is 0 Å².